The Balaban J connectivity index is 1.83. The van der Waals surface area contributed by atoms with Crippen molar-refractivity contribution in [3.05, 3.63) is 47.2 Å². The van der Waals surface area contributed by atoms with E-state index in [1.807, 2.05) is 0 Å². The second-order valence-corrected chi connectivity index (χ2v) is 4.86. The molecule has 0 saturated carbocycles. The lowest BCUT2D eigenvalue weighted by molar-refractivity contribution is 0.0892. The van der Waals surface area contributed by atoms with Crippen LogP contribution in [0.1, 0.15) is 17.3 Å². The number of benzene rings is 1. The molecule has 0 aliphatic carbocycles. The predicted octanol–water partition coefficient (Wildman–Crippen LogP) is 2.18. The van der Waals surface area contributed by atoms with Gasteiger partial charge in [-0.2, -0.15) is 5.10 Å². The fraction of sp³-hybridized carbons (Fsp3) is 0.286. The molecule has 1 atom stereocenters. The average molecular weight is 295 g/mol. The summed E-state index contributed by atoms with van der Waals surface area (Å²) in [5, 5.41) is 14.3. The molecule has 1 aromatic carbocycles. The number of hydrogen-bond donors (Lipinski definition) is 1. The molecule has 0 aliphatic rings. The zero-order valence-corrected chi connectivity index (χ0v) is 11.7. The van der Waals surface area contributed by atoms with Crippen molar-refractivity contribution >= 4 is 17.4 Å². The minimum Gasteiger partial charge on any atom is -0.491 e. The normalized spacial score (nSPS) is 12.2. The van der Waals surface area contributed by atoms with Gasteiger partial charge in [0.25, 0.3) is 0 Å². The average Bonchev–Trinajstić information content (AvgIpc) is 2.82. The van der Waals surface area contributed by atoms with Crippen LogP contribution in [0.25, 0.3) is 0 Å². The third kappa shape index (κ3) is 4.08. The lowest BCUT2D eigenvalue weighted by atomic mass is 10.1. The van der Waals surface area contributed by atoms with Gasteiger partial charge in [0.1, 0.15) is 18.5 Å². The number of ketones is 1. The van der Waals surface area contributed by atoms with Gasteiger partial charge in [-0.05, 0) is 31.2 Å². The zero-order valence-electron chi connectivity index (χ0n) is 11.0. The topological polar surface area (TPSA) is 64.3 Å². The van der Waals surface area contributed by atoms with Crippen molar-refractivity contribution in [2.75, 3.05) is 6.61 Å². The van der Waals surface area contributed by atoms with Crippen molar-refractivity contribution in [2.24, 2.45) is 0 Å². The lowest BCUT2D eigenvalue weighted by Gasteiger charge is -2.12. The van der Waals surface area contributed by atoms with Crippen LogP contribution >= 0.6 is 11.6 Å². The Morgan fingerprint density at radius 2 is 2.15 bits per heavy atom. The third-order valence-electron chi connectivity index (χ3n) is 2.70. The first-order chi connectivity index (χ1) is 9.54. The van der Waals surface area contributed by atoms with E-state index >= 15 is 0 Å². The molecule has 0 radical (unpaired) electrons. The molecular weight excluding hydrogens is 280 g/mol. The van der Waals surface area contributed by atoms with Gasteiger partial charge in [-0.1, -0.05) is 11.6 Å². The van der Waals surface area contributed by atoms with E-state index in [1.54, 1.807) is 35.1 Å². The Morgan fingerprint density at radius 3 is 2.70 bits per heavy atom. The number of Topliss-reactive ketones (excluding diaryl/α,β-unsaturated/α-hetero) is 1. The van der Waals surface area contributed by atoms with E-state index in [0.717, 1.165) is 0 Å². The maximum Gasteiger partial charge on any atom is 0.159 e. The standard InChI is InChI=1S/C14H15ClN2O3/c1-10(18)11-2-4-14(5-3-11)20-9-13(19)8-17-7-12(15)6-16-17/h2-7,13,19H,8-9H2,1H3. The van der Waals surface area contributed by atoms with Crippen LogP contribution in [0.5, 0.6) is 5.75 Å². The second kappa shape index (κ2) is 6.54. The Labute approximate surface area is 121 Å². The number of aliphatic hydroxyl groups is 1. The summed E-state index contributed by atoms with van der Waals surface area (Å²) in [5.41, 5.74) is 0.629. The lowest BCUT2D eigenvalue weighted by Crippen LogP contribution is -2.23. The highest BCUT2D eigenvalue weighted by Gasteiger charge is 2.08. The minimum atomic E-state index is -0.696. The Bertz CT molecular complexity index is 580. The summed E-state index contributed by atoms with van der Waals surface area (Å²) in [6.07, 6.45) is 2.45. The molecule has 1 N–H and O–H groups in total. The molecule has 0 aliphatic heterocycles. The summed E-state index contributed by atoms with van der Waals surface area (Å²) in [5.74, 6) is 0.611. The predicted molar refractivity (Wildman–Crippen MR) is 75.2 cm³/mol. The molecule has 0 bridgehead atoms. The highest BCUT2D eigenvalue weighted by atomic mass is 35.5. The van der Waals surface area contributed by atoms with Crippen LogP contribution in [-0.2, 0) is 6.54 Å². The van der Waals surface area contributed by atoms with Crippen molar-refractivity contribution in [1.82, 2.24) is 9.78 Å². The van der Waals surface area contributed by atoms with Crippen LogP contribution in [0.3, 0.4) is 0 Å². The van der Waals surface area contributed by atoms with Crippen LogP contribution in [0.15, 0.2) is 36.7 Å². The Morgan fingerprint density at radius 1 is 1.45 bits per heavy atom. The van der Waals surface area contributed by atoms with Crippen molar-refractivity contribution in [3.63, 3.8) is 0 Å². The number of hydrogen-bond acceptors (Lipinski definition) is 4. The monoisotopic (exact) mass is 294 g/mol. The molecule has 2 rings (SSSR count). The van der Waals surface area contributed by atoms with Crippen molar-refractivity contribution in [1.29, 1.82) is 0 Å². The van der Waals surface area contributed by atoms with Gasteiger partial charge >= 0.3 is 0 Å². The maximum absolute atomic E-state index is 11.1. The first kappa shape index (κ1) is 14.6. The van der Waals surface area contributed by atoms with Gasteiger partial charge in [0.2, 0.25) is 0 Å². The number of carbonyl (C=O) groups is 1. The maximum atomic E-state index is 11.1. The van der Waals surface area contributed by atoms with E-state index in [4.69, 9.17) is 16.3 Å². The van der Waals surface area contributed by atoms with E-state index in [9.17, 15) is 9.90 Å². The molecule has 0 spiro atoms. The third-order valence-corrected chi connectivity index (χ3v) is 2.90. The SMILES string of the molecule is CC(=O)c1ccc(OCC(O)Cn2cc(Cl)cn2)cc1. The Hall–Kier alpha value is -1.85. The van der Waals surface area contributed by atoms with Crippen molar-refractivity contribution in [2.45, 2.75) is 19.6 Å². The first-order valence-electron chi connectivity index (χ1n) is 6.14. The number of aromatic nitrogens is 2. The number of carbonyl (C=O) groups excluding carboxylic acids is 1. The molecule has 6 heteroatoms. The second-order valence-electron chi connectivity index (χ2n) is 4.43. The van der Waals surface area contributed by atoms with Crippen LogP contribution < -0.4 is 4.74 Å². The highest BCUT2D eigenvalue weighted by molar-refractivity contribution is 6.30. The molecule has 1 unspecified atom stereocenters. The smallest absolute Gasteiger partial charge is 0.159 e. The van der Waals surface area contributed by atoms with Gasteiger partial charge in [-0.3, -0.25) is 9.48 Å². The quantitative estimate of drug-likeness (QED) is 0.829. The van der Waals surface area contributed by atoms with E-state index in [0.29, 0.717) is 22.9 Å². The summed E-state index contributed by atoms with van der Waals surface area (Å²) in [7, 11) is 0. The minimum absolute atomic E-state index is 0.00662. The number of rotatable bonds is 6. The molecule has 106 valence electrons. The largest absolute Gasteiger partial charge is 0.491 e. The molecule has 0 saturated heterocycles. The van der Waals surface area contributed by atoms with E-state index in [-0.39, 0.29) is 12.4 Å². The molecule has 2 aromatic rings. The van der Waals surface area contributed by atoms with Crippen LogP contribution in [0.2, 0.25) is 5.02 Å². The molecule has 1 heterocycles. The summed E-state index contributed by atoms with van der Waals surface area (Å²) < 4.78 is 7.00. The molecule has 20 heavy (non-hydrogen) atoms. The van der Waals surface area contributed by atoms with Crippen molar-refractivity contribution < 1.29 is 14.6 Å². The summed E-state index contributed by atoms with van der Waals surface area (Å²) >= 11 is 5.73. The Kier molecular flexibility index (Phi) is 4.76. The van der Waals surface area contributed by atoms with E-state index in [2.05, 4.69) is 5.10 Å². The van der Waals surface area contributed by atoms with Crippen LogP contribution in [0, 0.1) is 0 Å². The van der Waals surface area contributed by atoms with Crippen LogP contribution in [0.4, 0.5) is 0 Å². The van der Waals surface area contributed by atoms with Gasteiger partial charge in [0, 0.05) is 11.8 Å². The number of halogens is 1. The van der Waals surface area contributed by atoms with Crippen LogP contribution in [-0.4, -0.2) is 33.4 Å². The fourth-order valence-corrected chi connectivity index (χ4v) is 1.84. The van der Waals surface area contributed by atoms with Crippen molar-refractivity contribution in [3.8, 4) is 5.75 Å². The van der Waals surface area contributed by atoms with Gasteiger partial charge in [-0.15, -0.1) is 0 Å². The highest BCUT2D eigenvalue weighted by Crippen LogP contribution is 2.13. The zero-order chi connectivity index (χ0) is 14.5. The number of aliphatic hydroxyl groups excluding tert-OH is 1. The van der Waals surface area contributed by atoms with Gasteiger partial charge in [0.05, 0.1) is 17.8 Å². The number of nitrogens with zero attached hydrogens (tertiary/aromatic N) is 2. The molecular formula is C14H15ClN2O3. The van der Waals surface area contributed by atoms with Gasteiger partial charge in [-0.25, -0.2) is 0 Å². The van der Waals surface area contributed by atoms with E-state index < -0.39 is 6.10 Å². The molecule has 1 aromatic heterocycles. The fourth-order valence-electron chi connectivity index (χ4n) is 1.69. The van der Waals surface area contributed by atoms with Gasteiger partial charge < -0.3 is 9.84 Å². The molecule has 0 amide bonds. The summed E-state index contributed by atoms with van der Waals surface area (Å²) in [4.78, 5) is 11.1. The molecule has 0 fully saturated rings. The van der Waals surface area contributed by atoms with E-state index in [1.165, 1.54) is 13.1 Å². The summed E-state index contributed by atoms with van der Waals surface area (Å²) in [6.45, 7) is 1.95. The first-order valence-corrected chi connectivity index (χ1v) is 6.52. The number of ether oxygens (including phenoxy) is 1. The summed E-state index contributed by atoms with van der Waals surface area (Å²) in [6, 6.07) is 6.79. The van der Waals surface area contributed by atoms with Gasteiger partial charge in [0.15, 0.2) is 5.78 Å². The molecule has 5 nitrogen and oxygen atoms in total.